The molecule has 9 nitrogen and oxygen atoms in total. The first-order chi connectivity index (χ1) is 19.3. The summed E-state index contributed by atoms with van der Waals surface area (Å²) in [4.78, 5) is 54.7. The van der Waals surface area contributed by atoms with E-state index >= 15 is 0 Å². The van der Waals surface area contributed by atoms with Gasteiger partial charge in [0.2, 0.25) is 11.8 Å². The van der Waals surface area contributed by atoms with E-state index in [4.69, 9.17) is 4.98 Å². The Morgan fingerprint density at radius 3 is 2.46 bits per heavy atom. The molecule has 2 aliphatic rings. The third-order valence-electron chi connectivity index (χ3n) is 7.93. The number of hydrogen-bond acceptors (Lipinski definition) is 6. The SMILES string of the molecule is CC(=O)c1cn(CC(=O)N2[C@H](C(=O)N[C@H](C)C(F)=C(C)C)C[C@@]3(C)C#C[C@@H]23)c2c(C)nc(-c3cnc(C)nc3)cc12. The van der Waals surface area contributed by atoms with Crippen LogP contribution in [0.2, 0.25) is 0 Å². The van der Waals surface area contributed by atoms with E-state index in [0.29, 0.717) is 51.2 Å². The lowest BCUT2D eigenvalue weighted by Crippen LogP contribution is -2.52. The molecule has 41 heavy (non-hydrogen) atoms. The molecular formula is C31H33FN6O3. The Balaban J connectivity index is 1.48. The number of carbonyl (C=O) groups is 3. The highest BCUT2D eigenvalue weighted by Crippen LogP contribution is 2.45. The maximum atomic E-state index is 14.5. The van der Waals surface area contributed by atoms with Crippen LogP contribution in [0.4, 0.5) is 4.39 Å². The van der Waals surface area contributed by atoms with Crippen LogP contribution in [0.1, 0.15) is 62.9 Å². The second-order valence-corrected chi connectivity index (χ2v) is 11.4. The molecule has 0 bridgehead atoms. The van der Waals surface area contributed by atoms with Gasteiger partial charge >= 0.3 is 0 Å². The van der Waals surface area contributed by atoms with Crippen molar-refractivity contribution in [1.29, 1.82) is 0 Å². The number of fused-ring (bicyclic) bond motifs is 2. The van der Waals surface area contributed by atoms with Crippen molar-refractivity contribution in [2.45, 2.75) is 79.6 Å². The molecule has 4 atom stereocenters. The van der Waals surface area contributed by atoms with Crippen LogP contribution in [0.5, 0.6) is 0 Å². The molecule has 0 radical (unpaired) electrons. The van der Waals surface area contributed by atoms with Crippen LogP contribution < -0.4 is 5.32 Å². The molecule has 1 saturated heterocycles. The summed E-state index contributed by atoms with van der Waals surface area (Å²) in [5, 5.41) is 3.40. The minimum absolute atomic E-state index is 0.116. The molecule has 3 aromatic rings. The number of amides is 2. The second-order valence-electron chi connectivity index (χ2n) is 11.4. The largest absolute Gasteiger partial charge is 0.345 e. The summed E-state index contributed by atoms with van der Waals surface area (Å²) >= 11 is 0. The van der Waals surface area contributed by atoms with Gasteiger partial charge in [-0.1, -0.05) is 11.8 Å². The summed E-state index contributed by atoms with van der Waals surface area (Å²) in [5.41, 5.74) is 3.05. The Bertz CT molecular complexity index is 1690. The fraction of sp³-hybridized carbons (Fsp3) is 0.419. The van der Waals surface area contributed by atoms with Gasteiger partial charge in [0.15, 0.2) is 5.78 Å². The molecule has 0 spiro atoms. The van der Waals surface area contributed by atoms with Crippen LogP contribution in [0.25, 0.3) is 22.2 Å². The molecule has 5 rings (SSSR count). The number of hydrogen-bond donors (Lipinski definition) is 1. The van der Waals surface area contributed by atoms with E-state index in [2.05, 4.69) is 27.1 Å². The molecule has 2 amide bonds. The smallest absolute Gasteiger partial charge is 0.244 e. The third kappa shape index (κ3) is 4.90. The van der Waals surface area contributed by atoms with Gasteiger partial charge in [0.1, 0.15) is 30.3 Å². The normalized spacial score (nSPS) is 21.4. The van der Waals surface area contributed by atoms with Gasteiger partial charge < -0.3 is 14.8 Å². The molecule has 1 fully saturated rings. The van der Waals surface area contributed by atoms with E-state index in [1.54, 1.807) is 50.9 Å². The van der Waals surface area contributed by atoms with Gasteiger partial charge in [-0.15, -0.1) is 0 Å². The first-order valence-electron chi connectivity index (χ1n) is 13.6. The van der Waals surface area contributed by atoms with Gasteiger partial charge in [0.05, 0.1) is 28.4 Å². The zero-order valence-electron chi connectivity index (χ0n) is 24.3. The molecule has 3 aromatic heterocycles. The van der Waals surface area contributed by atoms with E-state index in [1.165, 1.54) is 11.8 Å². The first-order valence-corrected chi connectivity index (χ1v) is 13.6. The number of rotatable bonds is 7. The third-order valence-corrected chi connectivity index (χ3v) is 7.93. The van der Waals surface area contributed by atoms with Gasteiger partial charge in [-0.05, 0) is 66.5 Å². The van der Waals surface area contributed by atoms with E-state index in [1.807, 2.05) is 19.9 Å². The van der Waals surface area contributed by atoms with Gasteiger partial charge in [0.25, 0.3) is 0 Å². The standard InChI is InChI=1S/C31H33FN6O3/c1-16(2)28(32)17(3)36-30(41)25-11-31(7)9-8-26(31)38(25)27(40)15-37-14-23(19(5)39)22-10-24(35-18(4)29(22)37)21-12-33-20(6)34-13-21/h10,12-14,17,25-26H,11,15H2,1-7H3,(H,36,41)/t17-,25+,26-,31-/m1/s1. The number of allylic oxidation sites excluding steroid dienone is 1. The number of aryl methyl sites for hydroxylation is 2. The molecule has 0 unspecified atom stereocenters. The Morgan fingerprint density at radius 2 is 1.88 bits per heavy atom. The number of nitrogens with one attached hydrogen (secondary N) is 1. The number of nitrogens with zero attached hydrogens (tertiary/aromatic N) is 5. The van der Waals surface area contributed by atoms with Crippen molar-refractivity contribution in [3.63, 3.8) is 0 Å². The molecular weight excluding hydrogens is 523 g/mol. The maximum Gasteiger partial charge on any atom is 0.244 e. The van der Waals surface area contributed by atoms with Gasteiger partial charge in [0, 0.05) is 35.1 Å². The summed E-state index contributed by atoms with van der Waals surface area (Å²) in [6, 6.07) is -0.233. The quantitative estimate of drug-likeness (QED) is 0.347. The predicted octanol–water partition coefficient (Wildman–Crippen LogP) is 4.07. The van der Waals surface area contributed by atoms with Crippen LogP contribution in [0.15, 0.2) is 36.1 Å². The zero-order valence-corrected chi connectivity index (χ0v) is 24.3. The highest BCUT2D eigenvalue weighted by molar-refractivity contribution is 6.08. The van der Waals surface area contributed by atoms with Crippen LogP contribution in [-0.2, 0) is 16.1 Å². The molecule has 1 aliphatic heterocycles. The number of halogens is 1. The molecule has 1 N–H and O–H groups in total. The molecule has 10 heteroatoms. The lowest BCUT2D eigenvalue weighted by atomic mass is 9.76. The van der Waals surface area contributed by atoms with E-state index in [9.17, 15) is 18.8 Å². The number of carbonyl (C=O) groups excluding carboxylic acids is 3. The summed E-state index contributed by atoms with van der Waals surface area (Å²) in [6.07, 6.45) is 5.39. The van der Waals surface area contributed by atoms with Crippen LogP contribution in [0, 0.1) is 31.1 Å². The number of likely N-dealkylation sites (tertiary alicyclic amines) is 1. The number of Topliss-reactive ketones (excluding diaryl/α,β-unsaturated/α-hetero) is 1. The van der Waals surface area contributed by atoms with Gasteiger partial charge in [-0.25, -0.2) is 14.4 Å². The number of pyridine rings is 1. The summed E-state index contributed by atoms with van der Waals surface area (Å²) in [7, 11) is 0. The average Bonchev–Trinajstić information content (AvgIpc) is 3.37. The lowest BCUT2D eigenvalue weighted by Gasteiger charge is -2.34. The average molecular weight is 557 g/mol. The minimum atomic E-state index is -0.815. The summed E-state index contributed by atoms with van der Waals surface area (Å²) in [5.74, 6) is 5.51. The Kier molecular flexibility index (Phi) is 7.02. The predicted molar refractivity (Wildman–Crippen MR) is 152 cm³/mol. The van der Waals surface area contributed by atoms with Crippen molar-refractivity contribution >= 4 is 28.5 Å². The molecule has 1 aliphatic carbocycles. The Labute approximate surface area is 238 Å². The van der Waals surface area contributed by atoms with Crippen molar-refractivity contribution in [2.75, 3.05) is 0 Å². The van der Waals surface area contributed by atoms with Crippen molar-refractivity contribution < 1.29 is 18.8 Å². The van der Waals surface area contributed by atoms with E-state index in [-0.39, 0.29) is 18.2 Å². The van der Waals surface area contributed by atoms with Crippen LogP contribution in [0.3, 0.4) is 0 Å². The molecule has 0 saturated carbocycles. The van der Waals surface area contributed by atoms with Crippen molar-refractivity contribution in [2.24, 2.45) is 5.41 Å². The maximum absolute atomic E-state index is 14.5. The summed E-state index contributed by atoms with van der Waals surface area (Å²) in [6.45, 7) is 11.8. The minimum Gasteiger partial charge on any atom is -0.345 e. The van der Waals surface area contributed by atoms with E-state index in [0.717, 1.165) is 0 Å². The summed E-state index contributed by atoms with van der Waals surface area (Å²) < 4.78 is 16.2. The monoisotopic (exact) mass is 556 g/mol. The highest BCUT2D eigenvalue weighted by atomic mass is 19.1. The Hall–Kier alpha value is -4.39. The van der Waals surface area contributed by atoms with Crippen molar-refractivity contribution in [3.8, 4) is 23.1 Å². The zero-order chi connectivity index (χ0) is 29.8. The molecule has 212 valence electrons. The number of aromatic nitrogens is 4. The number of ketones is 1. The Morgan fingerprint density at radius 1 is 1.20 bits per heavy atom. The van der Waals surface area contributed by atoms with Crippen molar-refractivity contribution in [1.82, 2.24) is 29.7 Å². The van der Waals surface area contributed by atoms with Crippen LogP contribution in [-0.4, -0.2) is 60.1 Å². The highest BCUT2D eigenvalue weighted by Gasteiger charge is 2.56. The topological polar surface area (TPSA) is 110 Å². The molecule has 0 aromatic carbocycles. The fourth-order valence-electron chi connectivity index (χ4n) is 5.77. The van der Waals surface area contributed by atoms with Crippen LogP contribution >= 0.6 is 0 Å². The van der Waals surface area contributed by atoms with Gasteiger partial charge in [-0.2, -0.15) is 0 Å². The first kappa shape index (κ1) is 28.1. The van der Waals surface area contributed by atoms with Crippen molar-refractivity contribution in [3.05, 3.63) is 53.1 Å². The second kappa shape index (κ2) is 10.2. The van der Waals surface area contributed by atoms with Gasteiger partial charge in [-0.3, -0.25) is 19.4 Å². The molecule has 4 heterocycles. The fourth-order valence-corrected chi connectivity index (χ4v) is 5.77. The lowest BCUT2D eigenvalue weighted by molar-refractivity contribution is -0.140. The van der Waals surface area contributed by atoms with E-state index < -0.39 is 35.3 Å².